The molecular formula is C24H31N3O3. The van der Waals surface area contributed by atoms with E-state index in [2.05, 4.69) is 27.7 Å². The largest absolute Gasteiger partial charge is 0.490 e. The summed E-state index contributed by atoms with van der Waals surface area (Å²) >= 11 is 0. The summed E-state index contributed by atoms with van der Waals surface area (Å²) < 4.78 is 5.84. The Morgan fingerprint density at radius 3 is 2.67 bits per heavy atom. The number of anilines is 1. The first-order valence-corrected chi connectivity index (χ1v) is 10.5. The molecule has 0 bridgehead atoms. The first-order chi connectivity index (χ1) is 14.3. The van der Waals surface area contributed by atoms with Crippen LogP contribution in [0.4, 0.5) is 5.69 Å². The average Bonchev–Trinajstić information content (AvgIpc) is 2.67. The Balaban J connectivity index is 1.67. The molecule has 0 spiro atoms. The molecule has 0 aromatic heterocycles. The van der Waals surface area contributed by atoms with Crippen LogP contribution in [0.2, 0.25) is 0 Å². The zero-order valence-electron chi connectivity index (χ0n) is 18.2. The third-order valence-electron chi connectivity index (χ3n) is 5.10. The van der Waals surface area contributed by atoms with Gasteiger partial charge in [-0.05, 0) is 68.1 Å². The highest BCUT2D eigenvalue weighted by atomic mass is 16.5. The number of nitrogens with one attached hydrogen (secondary N) is 2. The molecule has 6 heteroatoms. The number of ether oxygens (including phenoxy) is 1. The third kappa shape index (κ3) is 5.83. The number of amides is 2. The van der Waals surface area contributed by atoms with Crippen molar-refractivity contribution in [2.75, 3.05) is 25.0 Å². The number of carbonyl (C=O) groups is 2. The molecule has 1 aliphatic heterocycles. The van der Waals surface area contributed by atoms with E-state index in [1.54, 1.807) is 0 Å². The first-order valence-electron chi connectivity index (χ1n) is 10.5. The maximum Gasteiger partial charge on any atom is 0.259 e. The number of hydrogen-bond acceptors (Lipinski definition) is 4. The van der Waals surface area contributed by atoms with Crippen LogP contribution in [0.15, 0.2) is 36.4 Å². The quantitative estimate of drug-likeness (QED) is 0.734. The third-order valence-corrected chi connectivity index (χ3v) is 5.10. The van der Waals surface area contributed by atoms with Gasteiger partial charge in [0.2, 0.25) is 5.91 Å². The van der Waals surface area contributed by atoms with E-state index in [9.17, 15) is 9.59 Å². The molecule has 0 unspecified atom stereocenters. The lowest BCUT2D eigenvalue weighted by atomic mass is 9.99. The van der Waals surface area contributed by atoms with Crippen LogP contribution in [-0.2, 0) is 17.8 Å². The molecule has 0 radical (unpaired) electrons. The number of hydrogen-bond donors (Lipinski definition) is 2. The normalized spacial score (nSPS) is 13.6. The molecular weight excluding hydrogens is 378 g/mol. The molecule has 30 heavy (non-hydrogen) atoms. The molecule has 2 aromatic rings. The number of nitrogens with zero attached hydrogens (tertiary/aromatic N) is 1. The van der Waals surface area contributed by atoms with Gasteiger partial charge in [-0.25, -0.2) is 0 Å². The monoisotopic (exact) mass is 409 g/mol. The van der Waals surface area contributed by atoms with Crippen molar-refractivity contribution in [3.63, 3.8) is 0 Å². The van der Waals surface area contributed by atoms with Crippen molar-refractivity contribution in [3.05, 3.63) is 58.7 Å². The predicted molar refractivity (Wildman–Crippen MR) is 119 cm³/mol. The Bertz CT molecular complexity index is 924. The van der Waals surface area contributed by atoms with Gasteiger partial charge in [0.15, 0.2) is 0 Å². The van der Waals surface area contributed by atoms with Crippen molar-refractivity contribution < 1.29 is 14.3 Å². The van der Waals surface area contributed by atoms with Crippen LogP contribution in [0, 0.1) is 6.92 Å². The van der Waals surface area contributed by atoms with Crippen LogP contribution in [0.5, 0.6) is 5.75 Å². The molecule has 0 atom stereocenters. The summed E-state index contributed by atoms with van der Waals surface area (Å²) in [6.45, 7) is 10.7. The second-order valence-electron chi connectivity index (χ2n) is 8.11. The SMILES string of the molecule is CC(=O)NCCN1CCc2cc(NC(=O)c3ccc(C)cc3OC(C)C)ccc2C1. The fraction of sp³-hybridized carbons (Fsp3) is 0.417. The molecule has 2 amide bonds. The van der Waals surface area contributed by atoms with Gasteiger partial charge in [-0.1, -0.05) is 12.1 Å². The lowest BCUT2D eigenvalue weighted by Crippen LogP contribution is -2.37. The molecule has 160 valence electrons. The topological polar surface area (TPSA) is 70.7 Å². The molecule has 0 saturated carbocycles. The van der Waals surface area contributed by atoms with Crippen molar-refractivity contribution in [1.29, 1.82) is 0 Å². The Morgan fingerprint density at radius 1 is 1.13 bits per heavy atom. The molecule has 2 aromatic carbocycles. The summed E-state index contributed by atoms with van der Waals surface area (Å²) in [5.74, 6) is 0.442. The van der Waals surface area contributed by atoms with Crippen LogP contribution in [0.3, 0.4) is 0 Å². The van der Waals surface area contributed by atoms with Gasteiger partial charge in [0.05, 0.1) is 11.7 Å². The van der Waals surface area contributed by atoms with Crippen LogP contribution >= 0.6 is 0 Å². The molecule has 0 fully saturated rings. The van der Waals surface area contributed by atoms with Gasteiger partial charge in [0.1, 0.15) is 5.75 Å². The Labute approximate surface area is 178 Å². The van der Waals surface area contributed by atoms with Crippen LogP contribution in [0.25, 0.3) is 0 Å². The molecule has 2 N–H and O–H groups in total. The molecule has 3 rings (SSSR count). The number of benzene rings is 2. The smallest absolute Gasteiger partial charge is 0.259 e. The summed E-state index contributed by atoms with van der Waals surface area (Å²) in [7, 11) is 0. The van der Waals surface area contributed by atoms with Gasteiger partial charge in [-0.3, -0.25) is 14.5 Å². The fourth-order valence-electron chi connectivity index (χ4n) is 3.64. The lowest BCUT2D eigenvalue weighted by Gasteiger charge is -2.29. The van der Waals surface area contributed by atoms with E-state index in [-0.39, 0.29) is 17.9 Å². The maximum absolute atomic E-state index is 12.9. The Kier molecular flexibility index (Phi) is 7.11. The fourth-order valence-corrected chi connectivity index (χ4v) is 3.64. The van der Waals surface area contributed by atoms with E-state index in [4.69, 9.17) is 4.74 Å². The Morgan fingerprint density at radius 2 is 1.93 bits per heavy atom. The van der Waals surface area contributed by atoms with E-state index in [0.29, 0.717) is 17.9 Å². The number of fused-ring (bicyclic) bond motifs is 1. The zero-order valence-corrected chi connectivity index (χ0v) is 18.2. The minimum absolute atomic E-state index is 0.00308. The van der Waals surface area contributed by atoms with Crippen molar-refractivity contribution in [1.82, 2.24) is 10.2 Å². The minimum atomic E-state index is -0.168. The summed E-state index contributed by atoms with van der Waals surface area (Å²) in [5.41, 5.74) is 4.91. The number of aryl methyl sites for hydroxylation is 1. The van der Waals surface area contributed by atoms with Crippen LogP contribution < -0.4 is 15.4 Å². The van der Waals surface area contributed by atoms with Gasteiger partial charge in [-0.15, -0.1) is 0 Å². The average molecular weight is 410 g/mol. The summed E-state index contributed by atoms with van der Waals surface area (Å²) in [6.07, 6.45) is 0.918. The summed E-state index contributed by atoms with van der Waals surface area (Å²) in [4.78, 5) is 26.2. The van der Waals surface area contributed by atoms with E-state index in [0.717, 1.165) is 37.3 Å². The molecule has 6 nitrogen and oxygen atoms in total. The van der Waals surface area contributed by atoms with E-state index >= 15 is 0 Å². The standard InChI is InChI=1S/C24H31N3O3/c1-16(2)30-23-13-17(3)5-8-22(23)24(29)26-21-7-6-20-15-27(11-9-19(20)14-21)12-10-25-18(4)28/h5-8,13-14,16H,9-12,15H2,1-4H3,(H,25,28)(H,26,29). The highest BCUT2D eigenvalue weighted by Crippen LogP contribution is 2.25. The molecule has 0 saturated heterocycles. The van der Waals surface area contributed by atoms with E-state index in [1.165, 1.54) is 18.1 Å². The predicted octanol–water partition coefficient (Wildman–Crippen LogP) is 3.53. The van der Waals surface area contributed by atoms with Crippen LogP contribution in [0.1, 0.15) is 47.8 Å². The van der Waals surface area contributed by atoms with Gasteiger partial charge >= 0.3 is 0 Å². The van der Waals surface area contributed by atoms with Crippen molar-refractivity contribution in [2.45, 2.75) is 46.8 Å². The lowest BCUT2D eigenvalue weighted by molar-refractivity contribution is -0.119. The molecule has 1 aliphatic rings. The number of carbonyl (C=O) groups excluding carboxylic acids is 2. The second kappa shape index (κ2) is 9.76. The minimum Gasteiger partial charge on any atom is -0.490 e. The maximum atomic E-state index is 12.9. The Hall–Kier alpha value is -2.86. The zero-order chi connectivity index (χ0) is 21.7. The van der Waals surface area contributed by atoms with Crippen LogP contribution in [-0.4, -0.2) is 42.5 Å². The summed E-state index contributed by atoms with van der Waals surface area (Å²) in [5, 5.41) is 5.86. The second-order valence-corrected chi connectivity index (χ2v) is 8.11. The van der Waals surface area contributed by atoms with Crippen molar-refractivity contribution in [2.24, 2.45) is 0 Å². The molecule has 0 aliphatic carbocycles. The summed E-state index contributed by atoms with van der Waals surface area (Å²) in [6, 6.07) is 11.7. The number of rotatable bonds is 7. The van der Waals surface area contributed by atoms with Crippen molar-refractivity contribution >= 4 is 17.5 Å². The highest BCUT2D eigenvalue weighted by molar-refractivity contribution is 6.06. The van der Waals surface area contributed by atoms with Gasteiger partial charge in [0, 0.05) is 38.8 Å². The highest BCUT2D eigenvalue weighted by Gasteiger charge is 2.18. The van der Waals surface area contributed by atoms with Gasteiger partial charge in [0.25, 0.3) is 5.91 Å². The van der Waals surface area contributed by atoms with Gasteiger partial charge in [-0.2, -0.15) is 0 Å². The van der Waals surface area contributed by atoms with Crippen molar-refractivity contribution in [3.8, 4) is 5.75 Å². The van der Waals surface area contributed by atoms with E-state index < -0.39 is 0 Å². The van der Waals surface area contributed by atoms with Gasteiger partial charge < -0.3 is 15.4 Å². The first kappa shape index (κ1) is 21.8. The molecule has 1 heterocycles. The van der Waals surface area contributed by atoms with E-state index in [1.807, 2.05) is 45.0 Å².